The van der Waals surface area contributed by atoms with Crippen LogP contribution >= 0.6 is 73.3 Å². The van der Waals surface area contributed by atoms with Crippen molar-refractivity contribution in [3.63, 3.8) is 0 Å². The summed E-state index contributed by atoms with van der Waals surface area (Å²) in [6, 6.07) is 0. The Balaban J connectivity index is -0.0000000443. The molecule has 0 saturated heterocycles. The summed E-state index contributed by atoms with van der Waals surface area (Å²) < 4.78 is 0. The SMILES string of the molecule is CNC([O-])=S.CNC([O-])=S.CNC([O-])=S.CNC([O-])=S.CNC([O-])=S.CNC([O-])=S.[Mo+6]. The van der Waals surface area contributed by atoms with Crippen molar-refractivity contribution in [3.05, 3.63) is 0 Å². The van der Waals surface area contributed by atoms with Gasteiger partial charge in [0, 0.05) is 73.3 Å². The van der Waals surface area contributed by atoms with E-state index in [4.69, 9.17) is 0 Å². The quantitative estimate of drug-likeness (QED) is 0.108. The third-order valence-electron chi connectivity index (χ3n) is 1.22. The van der Waals surface area contributed by atoms with Gasteiger partial charge in [0.1, 0.15) is 0 Å². The molecule has 0 fully saturated rings. The van der Waals surface area contributed by atoms with E-state index in [1.54, 1.807) is 0 Å². The predicted molar refractivity (Wildman–Crippen MR) is 130 cm³/mol. The van der Waals surface area contributed by atoms with Crippen LogP contribution in [0.4, 0.5) is 0 Å². The number of hydrogen-bond donors (Lipinski definition) is 6. The van der Waals surface area contributed by atoms with E-state index in [2.05, 4.69) is 105 Å². The Labute approximate surface area is 228 Å². The standard InChI is InChI=1S/6C2H5NOS.Mo/c6*1-3-2(4)5;/h6*1H3,(H2,3,4,5);/q;;;;;;+6/p-6. The van der Waals surface area contributed by atoms with Gasteiger partial charge in [-0.05, 0) is 0 Å². The van der Waals surface area contributed by atoms with Gasteiger partial charge >= 0.3 is 21.1 Å². The monoisotopic (exact) mass is 638 g/mol. The Morgan fingerprint density at radius 2 is 0.387 bits per heavy atom. The average Bonchev–Trinajstić information content (AvgIpc) is 2.69. The van der Waals surface area contributed by atoms with Gasteiger partial charge in [-0.1, -0.05) is 73.3 Å². The van der Waals surface area contributed by atoms with Gasteiger partial charge in [0.2, 0.25) is 0 Å². The van der Waals surface area contributed by atoms with E-state index >= 15 is 0 Å². The average molecular weight is 637 g/mol. The molecule has 6 N–H and O–H groups in total. The first-order valence-electron chi connectivity index (χ1n) is 6.95. The molecule has 0 aliphatic carbocycles. The molecule has 0 aromatic carbocycles. The number of rotatable bonds is 0. The number of nitrogens with one attached hydrogen (secondary N) is 6. The van der Waals surface area contributed by atoms with Crippen LogP contribution in [0.15, 0.2) is 0 Å². The second-order valence-corrected chi connectivity index (χ2v) is 5.45. The molecule has 19 heteroatoms. The van der Waals surface area contributed by atoms with Gasteiger partial charge in [0.25, 0.3) is 0 Å². The van der Waals surface area contributed by atoms with Crippen molar-refractivity contribution in [2.75, 3.05) is 42.3 Å². The molecule has 0 radical (unpaired) electrons. The van der Waals surface area contributed by atoms with Crippen LogP contribution in [0.25, 0.3) is 0 Å². The topological polar surface area (TPSA) is 211 Å². The molecule has 0 bridgehead atoms. The number of hydrogen-bond acceptors (Lipinski definition) is 12. The molecule has 0 spiro atoms. The van der Waals surface area contributed by atoms with Crippen molar-refractivity contribution in [3.8, 4) is 0 Å². The molecule has 180 valence electrons. The molecule has 0 unspecified atom stereocenters. The van der Waals surface area contributed by atoms with Crippen LogP contribution in [-0.2, 0) is 21.1 Å². The normalized spacial score (nSPS) is 6.39. The molecule has 0 aliphatic rings. The minimum absolute atomic E-state index is 0. The van der Waals surface area contributed by atoms with Crippen LogP contribution in [0.1, 0.15) is 0 Å². The van der Waals surface area contributed by atoms with Crippen molar-refractivity contribution >= 4 is 104 Å². The van der Waals surface area contributed by atoms with Crippen molar-refractivity contribution in [2.45, 2.75) is 0 Å². The van der Waals surface area contributed by atoms with Crippen LogP contribution in [-0.4, -0.2) is 73.3 Å². The summed E-state index contributed by atoms with van der Waals surface area (Å²) in [6.07, 6.45) is 0. The van der Waals surface area contributed by atoms with Gasteiger partial charge in [-0.15, -0.1) is 0 Å². The van der Waals surface area contributed by atoms with Crippen molar-refractivity contribution < 1.29 is 51.7 Å². The van der Waals surface area contributed by atoms with Crippen LogP contribution in [0.2, 0.25) is 0 Å². The Bertz CT molecular complexity index is 384. The molecule has 0 atom stereocenters. The number of thiocarbonyl (C=S) groups is 6. The molecule has 0 heterocycles. The maximum absolute atomic E-state index is 9.52. The van der Waals surface area contributed by atoms with E-state index < -0.39 is 31.0 Å². The van der Waals surface area contributed by atoms with E-state index in [9.17, 15) is 30.6 Å². The van der Waals surface area contributed by atoms with Gasteiger partial charge in [0.05, 0.1) is 0 Å². The second-order valence-electron chi connectivity index (χ2n) is 3.22. The zero-order valence-corrected chi connectivity index (χ0v) is 24.2. The summed E-state index contributed by atoms with van der Waals surface area (Å²) >= 11 is 24.2. The molecule has 31 heavy (non-hydrogen) atoms. The summed E-state index contributed by atoms with van der Waals surface area (Å²) in [5.41, 5.74) is 0. The predicted octanol–water partition coefficient (Wildman–Crippen LogP) is -6.90. The summed E-state index contributed by atoms with van der Waals surface area (Å²) in [4.78, 5) is 0. The fourth-order valence-corrected chi connectivity index (χ4v) is 0. The first-order chi connectivity index (χ1) is 13.6. The molecule has 0 aromatic rings. The zero-order valence-electron chi connectivity index (χ0n) is 17.3. The first-order valence-corrected chi connectivity index (χ1v) is 9.40. The molecule has 0 aliphatic heterocycles. The van der Waals surface area contributed by atoms with E-state index in [0.717, 1.165) is 0 Å². The Morgan fingerprint density at radius 1 is 0.355 bits per heavy atom. The second kappa shape index (κ2) is 42.8. The van der Waals surface area contributed by atoms with E-state index in [1.807, 2.05) is 0 Å². The van der Waals surface area contributed by atoms with Crippen molar-refractivity contribution in [1.82, 2.24) is 31.9 Å². The molecule has 0 saturated carbocycles. The molecular weight excluding hydrogens is 613 g/mol. The Kier molecular flexibility index (Phi) is 65.7. The summed E-state index contributed by atoms with van der Waals surface area (Å²) in [7, 11) is 8.97. The van der Waals surface area contributed by atoms with Crippen LogP contribution < -0.4 is 62.5 Å². The van der Waals surface area contributed by atoms with Gasteiger partial charge in [-0.3, -0.25) is 0 Å². The summed E-state index contributed by atoms with van der Waals surface area (Å²) in [6.45, 7) is 0. The minimum Gasteiger partial charge on any atom is -0.852 e. The zero-order chi connectivity index (χ0) is 25.7. The van der Waals surface area contributed by atoms with E-state index in [-0.39, 0.29) is 21.1 Å². The Morgan fingerprint density at radius 3 is 0.387 bits per heavy atom. The van der Waals surface area contributed by atoms with E-state index in [0.29, 0.717) is 0 Å². The summed E-state index contributed by atoms with van der Waals surface area (Å²) in [5.74, 6) is 0. The minimum atomic E-state index is -0.412. The van der Waals surface area contributed by atoms with Crippen LogP contribution in [0, 0.1) is 0 Å². The molecule has 0 aromatic heterocycles. The van der Waals surface area contributed by atoms with Crippen LogP contribution in [0.3, 0.4) is 0 Å². The smallest absolute Gasteiger partial charge is 0.852 e. The molecule has 0 amide bonds. The van der Waals surface area contributed by atoms with Gasteiger partial charge < -0.3 is 62.5 Å². The maximum Gasteiger partial charge on any atom is 6.00 e. The summed E-state index contributed by atoms with van der Waals surface area (Å²) in [5, 5.41) is 67.8. The van der Waals surface area contributed by atoms with Crippen molar-refractivity contribution in [1.29, 1.82) is 0 Å². The molecular formula is C12H24MoN6O6S6. The fraction of sp³-hybridized carbons (Fsp3) is 0.500. The Hall–Kier alpha value is -1.17. The maximum atomic E-state index is 9.52. The largest absolute Gasteiger partial charge is 6.00 e. The van der Waals surface area contributed by atoms with Crippen LogP contribution in [0.5, 0.6) is 0 Å². The van der Waals surface area contributed by atoms with Gasteiger partial charge in [-0.2, -0.15) is 0 Å². The van der Waals surface area contributed by atoms with Crippen molar-refractivity contribution in [2.24, 2.45) is 0 Å². The molecule has 0 rings (SSSR count). The van der Waals surface area contributed by atoms with Gasteiger partial charge in [0.15, 0.2) is 0 Å². The van der Waals surface area contributed by atoms with Gasteiger partial charge in [-0.25, -0.2) is 0 Å². The first kappa shape index (κ1) is 47.6. The molecule has 12 nitrogen and oxygen atoms in total. The fourth-order valence-electron chi connectivity index (χ4n) is 0. The van der Waals surface area contributed by atoms with E-state index in [1.165, 1.54) is 42.3 Å². The third kappa shape index (κ3) is 177. The third-order valence-corrected chi connectivity index (χ3v) is 2.45.